The molecular formula is C15H18N4OS. The van der Waals surface area contributed by atoms with Crippen LogP contribution in [0.3, 0.4) is 0 Å². The topological polar surface area (TPSA) is 55.8 Å². The minimum absolute atomic E-state index is 0.462. The number of rotatable bonds is 5. The molecule has 2 aromatic heterocycles. The third kappa shape index (κ3) is 2.48. The molecule has 3 rings (SSSR count). The molecule has 0 aliphatic rings. The van der Waals surface area contributed by atoms with Crippen molar-refractivity contribution in [1.29, 1.82) is 0 Å². The maximum atomic E-state index is 5.90. The fourth-order valence-corrected chi connectivity index (χ4v) is 3.21. The van der Waals surface area contributed by atoms with Crippen molar-refractivity contribution in [3.05, 3.63) is 47.1 Å². The second-order valence-electron chi connectivity index (χ2n) is 4.81. The Morgan fingerprint density at radius 2 is 2.19 bits per heavy atom. The molecule has 0 saturated carbocycles. The van der Waals surface area contributed by atoms with Gasteiger partial charge in [0.15, 0.2) is 10.8 Å². The van der Waals surface area contributed by atoms with Crippen LogP contribution in [-0.4, -0.2) is 23.5 Å². The third-order valence-corrected chi connectivity index (χ3v) is 4.25. The maximum Gasteiger partial charge on any atom is 0.195 e. The number of hydrogen-bond donors (Lipinski definition) is 1. The molecule has 0 fully saturated rings. The van der Waals surface area contributed by atoms with Crippen LogP contribution in [0, 0.1) is 0 Å². The van der Waals surface area contributed by atoms with E-state index < -0.39 is 0 Å². The van der Waals surface area contributed by atoms with Crippen molar-refractivity contribution in [3.8, 4) is 5.75 Å². The lowest BCUT2D eigenvalue weighted by Crippen LogP contribution is -2.19. The van der Waals surface area contributed by atoms with Crippen molar-refractivity contribution >= 4 is 22.1 Å². The summed E-state index contributed by atoms with van der Waals surface area (Å²) in [5.74, 6) is 1.81. The van der Waals surface area contributed by atoms with Crippen molar-refractivity contribution < 1.29 is 4.74 Å². The highest BCUT2D eigenvalue weighted by Gasteiger charge is 2.16. The van der Waals surface area contributed by atoms with E-state index in [1.807, 2.05) is 36.8 Å². The molecule has 3 aromatic rings. The maximum absolute atomic E-state index is 5.90. The van der Waals surface area contributed by atoms with Gasteiger partial charge in [-0.3, -0.25) is 4.40 Å². The molecule has 0 radical (unpaired) electrons. The van der Waals surface area contributed by atoms with E-state index in [1.54, 1.807) is 18.4 Å². The molecule has 0 spiro atoms. The number of nitrogens with zero attached hydrogens (tertiary/aromatic N) is 3. The number of nitrogens with two attached hydrogens (primary N) is 1. The number of imidazole rings is 1. The number of benzene rings is 1. The molecule has 0 unspecified atom stereocenters. The van der Waals surface area contributed by atoms with Crippen LogP contribution in [0.1, 0.15) is 11.3 Å². The lowest BCUT2D eigenvalue weighted by atomic mass is 10.2. The van der Waals surface area contributed by atoms with E-state index in [-0.39, 0.29) is 0 Å². The average Bonchev–Trinajstić information content (AvgIpc) is 3.07. The van der Waals surface area contributed by atoms with Crippen LogP contribution in [0.5, 0.6) is 5.75 Å². The summed E-state index contributed by atoms with van der Waals surface area (Å²) < 4.78 is 7.46. The Hall–Kier alpha value is -2.05. The molecule has 2 heterocycles. The fraction of sp³-hybridized carbons (Fsp3) is 0.267. The number of aromatic nitrogens is 2. The number of para-hydroxylation sites is 1. The average molecular weight is 302 g/mol. The van der Waals surface area contributed by atoms with Gasteiger partial charge in [-0.05, 0) is 6.07 Å². The van der Waals surface area contributed by atoms with Crippen LogP contribution in [0.2, 0.25) is 0 Å². The van der Waals surface area contributed by atoms with Gasteiger partial charge in [-0.25, -0.2) is 4.98 Å². The van der Waals surface area contributed by atoms with Crippen LogP contribution in [0.25, 0.3) is 4.96 Å². The number of fused-ring (bicyclic) bond motifs is 1. The van der Waals surface area contributed by atoms with Gasteiger partial charge in [0, 0.05) is 37.3 Å². The van der Waals surface area contributed by atoms with Crippen LogP contribution >= 0.6 is 11.3 Å². The molecule has 110 valence electrons. The summed E-state index contributed by atoms with van der Waals surface area (Å²) >= 11 is 1.61. The smallest absolute Gasteiger partial charge is 0.195 e. The monoisotopic (exact) mass is 302 g/mol. The Bertz CT molecular complexity index is 749. The standard InChI is InChI=1S/C15H18N4OS/c1-18(10-11-5-3-4-6-13(11)20-2)14-12(9-16)19-7-8-21-15(19)17-14/h3-8H,9-10,16H2,1-2H3. The molecule has 0 aliphatic heterocycles. The molecule has 0 bridgehead atoms. The van der Waals surface area contributed by atoms with E-state index in [0.29, 0.717) is 6.54 Å². The van der Waals surface area contributed by atoms with Crippen LogP contribution < -0.4 is 15.4 Å². The lowest BCUT2D eigenvalue weighted by molar-refractivity contribution is 0.409. The molecular weight excluding hydrogens is 284 g/mol. The zero-order valence-electron chi connectivity index (χ0n) is 12.1. The summed E-state index contributed by atoms with van der Waals surface area (Å²) in [6.07, 6.45) is 2.01. The fourth-order valence-electron chi connectivity index (χ4n) is 2.48. The summed E-state index contributed by atoms with van der Waals surface area (Å²) in [7, 11) is 3.72. The summed E-state index contributed by atoms with van der Waals surface area (Å²) in [5.41, 5.74) is 8.06. The molecule has 2 N–H and O–H groups in total. The summed E-state index contributed by atoms with van der Waals surface area (Å²) in [6.45, 7) is 1.19. The highest BCUT2D eigenvalue weighted by molar-refractivity contribution is 7.15. The van der Waals surface area contributed by atoms with E-state index >= 15 is 0 Å². The summed E-state index contributed by atoms with van der Waals surface area (Å²) in [5, 5.41) is 2.02. The van der Waals surface area contributed by atoms with Gasteiger partial charge in [0.05, 0.1) is 12.8 Å². The number of hydrogen-bond acceptors (Lipinski definition) is 5. The number of anilines is 1. The van der Waals surface area contributed by atoms with Gasteiger partial charge in [-0.1, -0.05) is 18.2 Å². The minimum Gasteiger partial charge on any atom is -0.496 e. The molecule has 21 heavy (non-hydrogen) atoms. The van der Waals surface area contributed by atoms with E-state index in [0.717, 1.165) is 34.3 Å². The molecule has 0 atom stereocenters. The zero-order chi connectivity index (χ0) is 14.8. The quantitative estimate of drug-likeness (QED) is 0.787. The number of methoxy groups -OCH3 is 1. The second-order valence-corrected chi connectivity index (χ2v) is 5.68. The minimum atomic E-state index is 0.462. The van der Waals surface area contributed by atoms with Gasteiger partial charge in [0.1, 0.15) is 5.75 Å². The SMILES string of the molecule is COc1ccccc1CN(C)c1nc2sccn2c1CN. The first-order chi connectivity index (χ1) is 10.2. The third-order valence-electron chi connectivity index (χ3n) is 3.49. The molecule has 0 saturated heterocycles. The predicted molar refractivity (Wildman–Crippen MR) is 86.1 cm³/mol. The molecule has 1 aromatic carbocycles. The normalized spacial score (nSPS) is 11.0. The van der Waals surface area contributed by atoms with E-state index in [9.17, 15) is 0 Å². The van der Waals surface area contributed by atoms with Gasteiger partial charge in [0.25, 0.3) is 0 Å². The zero-order valence-corrected chi connectivity index (χ0v) is 12.9. The first-order valence-electron chi connectivity index (χ1n) is 6.72. The summed E-state index contributed by atoms with van der Waals surface area (Å²) in [6, 6.07) is 8.02. The van der Waals surface area contributed by atoms with Crippen molar-refractivity contribution in [1.82, 2.24) is 9.38 Å². The van der Waals surface area contributed by atoms with E-state index in [2.05, 4.69) is 20.4 Å². The second kappa shape index (κ2) is 5.75. The van der Waals surface area contributed by atoms with E-state index in [1.165, 1.54) is 0 Å². The molecule has 5 nitrogen and oxygen atoms in total. The first kappa shape index (κ1) is 13.9. The highest BCUT2D eigenvalue weighted by atomic mass is 32.1. The van der Waals surface area contributed by atoms with E-state index in [4.69, 9.17) is 10.5 Å². The Labute approximate surface area is 127 Å². The van der Waals surface area contributed by atoms with Crippen molar-refractivity contribution in [2.45, 2.75) is 13.1 Å². The molecule has 0 amide bonds. The Kier molecular flexibility index (Phi) is 3.81. The van der Waals surface area contributed by atoms with Gasteiger partial charge < -0.3 is 15.4 Å². The highest BCUT2D eigenvalue weighted by Crippen LogP contribution is 2.26. The number of ether oxygens (including phenoxy) is 1. The van der Waals surface area contributed by atoms with Crippen molar-refractivity contribution in [2.75, 3.05) is 19.1 Å². The van der Waals surface area contributed by atoms with Gasteiger partial charge in [0.2, 0.25) is 0 Å². The van der Waals surface area contributed by atoms with Crippen molar-refractivity contribution in [2.24, 2.45) is 5.73 Å². The van der Waals surface area contributed by atoms with Crippen molar-refractivity contribution in [3.63, 3.8) is 0 Å². The van der Waals surface area contributed by atoms with Crippen LogP contribution in [0.4, 0.5) is 5.82 Å². The first-order valence-corrected chi connectivity index (χ1v) is 7.60. The predicted octanol–water partition coefficient (Wildman–Crippen LogP) is 2.50. The lowest BCUT2D eigenvalue weighted by Gasteiger charge is -2.19. The van der Waals surface area contributed by atoms with Gasteiger partial charge in [-0.2, -0.15) is 0 Å². The Morgan fingerprint density at radius 1 is 1.38 bits per heavy atom. The van der Waals surface area contributed by atoms with Gasteiger partial charge in [-0.15, -0.1) is 11.3 Å². The Balaban J connectivity index is 1.93. The van der Waals surface area contributed by atoms with Crippen LogP contribution in [0.15, 0.2) is 35.8 Å². The molecule has 6 heteroatoms. The summed E-state index contributed by atoms with van der Waals surface area (Å²) in [4.78, 5) is 7.76. The number of thiazole rings is 1. The molecule has 0 aliphatic carbocycles. The van der Waals surface area contributed by atoms with Crippen LogP contribution in [-0.2, 0) is 13.1 Å². The largest absolute Gasteiger partial charge is 0.496 e. The van der Waals surface area contributed by atoms with Gasteiger partial charge >= 0.3 is 0 Å². The Morgan fingerprint density at radius 3 is 2.95 bits per heavy atom.